The highest BCUT2D eigenvalue weighted by atomic mass is 35.5. The molecule has 0 saturated carbocycles. The zero-order valence-corrected chi connectivity index (χ0v) is 18.4. The van der Waals surface area contributed by atoms with E-state index in [1.165, 1.54) is 34.3 Å². The normalized spacial score (nSPS) is 11.4. The summed E-state index contributed by atoms with van der Waals surface area (Å²) in [5.74, 6) is 0.221. The van der Waals surface area contributed by atoms with Crippen molar-refractivity contribution < 1.29 is 13.2 Å². The summed E-state index contributed by atoms with van der Waals surface area (Å²) >= 11 is 7.16. The standard InChI is InChI=1S/C19H15ClN6O3S2/c1-31(28,29)15-4-2-12(3-5-15)19-23-10-16(30-19)18(27)22-9-14-11-26(25-24-14)17-8-13(20)6-7-21-17/h2-8,10-11H,9H2,1H3,(H,22,27). The van der Waals surface area contributed by atoms with Gasteiger partial charge in [0.25, 0.3) is 5.91 Å². The monoisotopic (exact) mass is 474 g/mol. The summed E-state index contributed by atoms with van der Waals surface area (Å²) in [6.45, 7) is 0.176. The van der Waals surface area contributed by atoms with Crippen molar-refractivity contribution in [1.29, 1.82) is 0 Å². The van der Waals surface area contributed by atoms with Gasteiger partial charge in [0.05, 0.1) is 23.8 Å². The van der Waals surface area contributed by atoms with Gasteiger partial charge in [0.15, 0.2) is 15.7 Å². The summed E-state index contributed by atoms with van der Waals surface area (Å²) in [5, 5.41) is 11.9. The first-order valence-corrected chi connectivity index (χ1v) is 12.0. The van der Waals surface area contributed by atoms with Crippen LogP contribution in [0.1, 0.15) is 15.4 Å². The molecular formula is C19H15ClN6O3S2. The van der Waals surface area contributed by atoms with Crippen molar-refractivity contribution in [3.05, 3.63) is 70.6 Å². The van der Waals surface area contributed by atoms with Crippen LogP contribution in [-0.2, 0) is 16.4 Å². The Bertz CT molecular complexity index is 1350. The minimum atomic E-state index is -3.27. The first-order chi connectivity index (χ1) is 14.8. The fourth-order valence-electron chi connectivity index (χ4n) is 2.63. The maximum atomic E-state index is 12.5. The van der Waals surface area contributed by atoms with E-state index in [9.17, 15) is 13.2 Å². The number of carbonyl (C=O) groups excluding carboxylic acids is 1. The molecule has 3 heterocycles. The molecule has 0 saturated heterocycles. The topological polar surface area (TPSA) is 120 Å². The second-order valence-electron chi connectivity index (χ2n) is 6.50. The van der Waals surface area contributed by atoms with E-state index in [4.69, 9.17) is 11.6 Å². The van der Waals surface area contributed by atoms with Gasteiger partial charge in [-0.25, -0.2) is 23.1 Å². The zero-order chi connectivity index (χ0) is 22.0. The van der Waals surface area contributed by atoms with Crippen molar-refractivity contribution in [2.45, 2.75) is 11.4 Å². The molecule has 12 heteroatoms. The second kappa shape index (κ2) is 8.53. The Morgan fingerprint density at radius 3 is 2.68 bits per heavy atom. The molecule has 4 rings (SSSR count). The highest BCUT2D eigenvalue weighted by Crippen LogP contribution is 2.26. The predicted octanol–water partition coefficient (Wildman–Crippen LogP) is 2.77. The molecule has 0 spiro atoms. The summed E-state index contributed by atoms with van der Waals surface area (Å²) in [7, 11) is -3.27. The van der Waals surface area contributed by atoms with E-state index < -0.39 is 9.84 Å². The van der Waals surface area contributed by atoms with Gasteiger partial charge in [-0.15, -0.1) is 16.4 Å². The number of halogens is 1. The van der Waals surface area contributed by atoms with Crippen molar-refractivity contribution in [2.24, 2.45) is 0 Å². The minimum absolute atomic E-state index is 0.176. The van der Waals surface area contributed by atoms with Crippen molar-refractivity contribution >= 4 is 38.7 Å². The number of hydrogen-bond donors (Lipinski definition) is 1. The van der Waals surface area contributed by atoms with E-state index in [2.05, 4.69) is 25.6 Å². The Morgan fingerprint density at radius 2 is 1.97 bits per heavy atom. The molecule has 9 nitrogen and oxygen atoms in total. The van der Waals surface area contributed by atoms with Crippen LogP contribution in [0.4, 0.5) is 0 Å². The zero-order valence-electron chi connectivity index (χ0n) is 16.1. The van der Waals surface area contributed by atoms with Gasteiger partial charge in [-0.3, -0.25) is 4.79 Å². The number of thiazole rings is 1. The van der Waals surface area contributed by atoms with E-state index in [1.54, 1.807) is 36.7 Å². The summed E-state index contributed by atoms with van der Waals surface area (Å²) < 4.78 is 24.6. The molecule has 0 radical (unpaired) electrons. The highest BCUT2D eigenvalue weighted by Gasteiger charge is 2.14. The number of nitrogens with one attached hydrogen (secondary N) is 1. The number of rotatable bonds is 6. The molecule has 1 N–H and O–H groups in total. The predicted molar refractivity (Wildman–Crippen MR) is 116 cm³/mol. The van der Waals surface area contributed by atoms with Crippen molar-refractivity contribution in [1.82, 2.24) is 30.3 Å². The number of hydrogen-bond acceptors (Lipinski definition) is 8. The van der Waals surface area contributed by atoms with Gasteiger partial charge in [-0.05, 0) is 18.2 Å². The summed E-state index contributed by atoms with van der Waals surface area (Å²) in [6.07, 6.45) is 5.85. The molecular weight excluding hydrogens is 460 g/mol. The van der Waals surface area contributed by atoms with E-state index in [-0.39, 0.29) is 17.3 Å². The average Bonchev–Trinajstić information content (AvgIpc) is 3.42. The lowest BCUT2D eigenvalue weighted by Crippen LogP contribution is -2.22. The smallest absolute Gasteiger partial charge is 0.263 e. The van der Waals surface area contributed by atoms with Crippen LogP contribution < -0.4 is 5.32 Å². The van der Waals surface area contributed by atoms with Gasteiger partial charge in [0.2, 0.25) is 0 Å². The van der Waals surface area contributed by atoms with E-state index >= 15 is 0 Å². The van der Waals surface area contributed by atoms with Gasteiger partial charge in [0.1, 0.15) is 15.6 Å². The highest BCUT2D eigenvalue weighted by molar-refractivity contribution is 7.90. The van der Waals surface area contributed by atoms with E-state index in [0.717, 1.165) is 11.8 Å². The molecule has 0 bridgehead atoms. The fourth-order valence-corrected chi connectivity index (χ4v) is 4.25. The number of carbonyl (C=O) groups is 1. The molecule has 3 aromatic heterocycles. The van der Waals surface area contributed by atoms with Crippen molar-refractivity contribution in [3.63, 3.8) is 0 Å². The van der Waals surface area contributed by atoms with Gasteiger partial charge >= 0.3 is 0 Å². The molecule has 0 aliphatic heterocycles. The Hall–Kier alpha value is -3.15. The quantitative estimate of drug-likeness (QED) is 0.456. The second-order valence-corrected chi connectivity index (χ2v) is 9.98. The molecule has 4 aromatic rings. The van der Waals surface area contributed by atoms with E-state index in [0.29, 0.717) is 26.4 Å². The Labute approximate surface area is 186 Å². The van der Waals surface area contributed by atoms with Crippen LogP contribution in [0.5, 0.6) is 0 Å². The number of nitrogens with zero attached hydrogens (tertiary/aromatic N) is 5. The molecule has 0 aliphatic rings. The summed E-state index contributed by atoms with van der Waals surface area (Å²) in [5.41, 5.74) is 1.28. The van der Waals surface area contributed by atoms with Gasteiger partial charge in [0, 0.05) is 29.1 Å². The lowest BCUT2D eigenvalue weighted by atomic mass is 10.2. The van der Waals surface area contributed by atoms with Crippen LogP contribution in [0.2, 0.25) is 5.02 Å². The third-order valence-corrected chi connectivity index (χ3v) is 6.58. The third-order valence-electron chi connectivity index (χ3n) is 4.17. The van der Waals surface area contributed by atoms with Crippen LogP contribution >= 0.6 is 22.9 Å². The van der Waals surface area contributed by atoms with Crippen LogP contribution in [-0.4, -0.2) is 45.5 Å². The number of pyridine rings is 1. The van der Waals surface area contributed by atoms with Crippen molar-refractivity contribution in [3.8, 4) is 16.4 Å². The Kier molecular flexibility index (Phi) is 5.81. The van der Waals surface area contributed by atoms with Gasteiger partial charge < -0.3 is 5.32 Å². The van der Waals surface area contributed by atoms with E-state index in [1.807, 2.05) is 0 Å². The molecule has 158 valence electrons. The number of sulfone groups is 1. The molecule has 31 heavy (non-hydrogen) atoms. The minimum Gasteiger partial charge on any atom is -0.346 e. The Balaban J connectivity index is 1.41. The Morgan fingerprint density at radius 1 is 1.19 bits per heavy atom. The first kappa shape index (κ1) is 21.1. The molecule has 0 unspecified atom stereocenters. The maximum Gasteiger partial charge on any atom is 0.263 e. The van der Waals surface area contributed by atoms with Crippen LogP contribution in [0.3, 0.4) is 0 Å². The fraction of sp³-hybridized carbons (Fsp3) is 0.105. The summed E-state index contributed by atoms with van der Waals surface area (Å²) in [4.78, 5) is 21.5. The number of benzene rings is 1. The molecule has 0 fully saturated rings. The third kappa shape index (κ3) is 4.95. The van der Waals surface area contributed by atoms with Crippen LogP contribution in [0.15, 0.2) is 59.9 Å². The first-order valence-electron chi connectivity index (χ1n) is 8.87. The SMILES string of the molecule is CS(=O)(=O)c1ccc(-c2ncc(C(=O)NCc3cn(-c4cc(Cl)ccn4)nn3)s2)cc1. The molecule has 0 aliphatic carbocycles. The molecule has 0 atom stereocenters. The van der Waals surface area contributed by atoms with Crippen LogP contribution in [0, 0.1) is 0 Å². The molecule has 1 aromatic carbocycles. The maximum absolute atomic E-state index is 12.5. The average molecular weight is 475 g/mol. The van der Waals surface area contributed by atoms with Gasteiger partial charge in [-0.1, -0.05) is 28.9 Å². The van der Waals surface area contributed by atoms with Gasteiger partial charge in [-0.2, -0.15) is 0 Å². The van der Waals surface area contributed by atoms with Crippen LogP contribution in [0.25, 0.3) is 16.4 Å². The number of aromatic nitrogens is 5. The lowest BCUT2D eigenvalue weighted by molar-refractivity contribution is 0.0954. The lowest BCUT2D eigenvalue weighted by Gasteiger charge is -2.01. The largest absolute Gasteiger partial charge is 0.346 e. The van der Waals surface area contributed by atoms with Crippen molar-refractivity contribution in [2.75, 3.05) is 6.26 Å². The molecule has 1 amide bonds. The summed E-state index contributed by atoms with van der Waals surface area (Å²) in [6, 6.07) is 9.68. The number of amides is 1.